The molecule has 1 aliphatic heterocycles. The molecule has 1 heterocycles. The quantitative estimate of drug-likeness (QED) is 0.429. The third-order valence-electron chi connectivity index (χ3n) is 10.6. The topological polar surface area (TPSA) is 63.6 Å². The van der Waals surface area contributed by atoms with Gasteiger partial charge in [0, 0.05) is 23.7 Å². The molecule has 4 aliphatic carbocycles. The predicted molar refractivity (Wildman–Crippen MR) is 133 cm³/mol. The molecule has 0 saturated heterocycles. The van der Waals surface area contributed by atoms with Gasteiger partial charge in [0.25, 0.3) is 0 Å². The van der Waals surface area contributed by atoms with E-state index >= 15 is 0 Å². The van der Waals surface area contributed by atoms with Crippen molar-refractivity contribution in [1.82, 2.24) is 0 Å². The maximum atomic E-state index is 13.7. The lowest BCUT2D eigenvalue weighted by Crippen LogP contribution is -2.42. The largest absolute Gasteiger partial charge is 0.483 e. The van der Waals surface area contributed by atoms with Gasteiger partial charge in [-0.25, -0.2) is 0 Å². The average molecular weight is 467 g/mol. The van der Waals surface area contributed by atoms with E-state index in [1.165, 1.54) is 11.1 Å². The molecule has 5 aliphatic rings. The van der Waals surface area contributed by atoms with Gasteiger partial charge in [-0.1, -0.05) is 44.6 Å². The first kappa shape index (κ1) is 23.9. The van der Waals surface area contributed by atoms with Gasteiger partial charge < -0.3 is 9.84 Å². The summed E-state index contributed by atoms with van der Waals surface area (Å²) in [5.74, 6) is 1.03. The van der Waals surface area contributed by atoms with Crippen molar-refractivity contribution in [1.29, 1.82) is 0 Å². The maximum Gasteiger partial charge on any atom is 0.309 e. The Bertz CT molecular complexity index is 1010. The smallest absolute Gasteiger partial charge is 0.309 e. The number of fused-ring (bicyclic) bond motifs is 5. The van der Waals surface area contributed by atoms with Crippen LogP contribution < -0.4 is 0 Å². The summed E-state index contributed by atoms with van der Waals surface area (Å²) in [6.45, 7) is 13.2. The SMILES string of the molecule is C/C1=C\CC(C)(C)/C=C/C[C@@]2(C)OC3=C(C[C@@H]2CC1)[C@@]1(C)[C@@H]2C[C@@](C)(C(=O)O)C[C@@H]2C[C@H]1C3=O. The number of carbonyl (C=O) groups is 2. The van der Waals surface area contributed by atoms with E-state index in [0.717, 1.165) is 38.5 Å². The summed E-state index contributed by atoms with van der Waals surface area (Å²) >= 11 is 0. The van der Waals surface area contributed by atoms with Gasteiger partial charge in [-0.2, -0.15) is 0 Å². The fourth-order valence-electron chi connectivity index (χ4n) is 8.19. The Morgan fingerprint density at radius 1 is 1.12 bits per heavy atom. The normalized spacial score (nSPS) is 47.9. The molecule has 0 aromatic rings. The van der Waals surface area contributed by atoms with Gasteiger partial charge in [-0.05, 0) is 88.5 Å². The molecule has 2 saturated carbocycles. The van der Waals surface area contributed by atoms with E-state index in [0.29, 0.717) is 30.4 Å². The van der Waals surface area contributed by atoms with Crippen molar-refractivity contribution >= 4 is 11.8 Å². The summed E-state index contributed by atoms with van der Waals surface area (Å²) in [4.78, 5) is 25.8. The van der Waals surface area contributed by atoms with Crippen molar-refractivity contribution in [2.24, 2.45) is 39.9 Å². The fraction of sp³-hybridized carbons (Fsp3) is 0.733. The molecule has 2 fully saturated rings. The van der Waals surface area contributed by atoms with E-state index in [1.54, 1.807) is 0 Å². The Morgan fingerprint density at radius 3 is 2.56 bits per heavy atom. The van der Waals surface area contributed by atoms with Gasteiger partial charge in [0.2, 0.25) is 5.78 Å². The van der Waals surface area contributed by atoms with Crippen molar-refractivity contribution in [2.45, 2.75) is 98.5 Å². The Balaban J connectivity index is 1.50. The molecule has 34 heavy (non-hydrogen) atoms. The van der Waals surface area contributed by atoms with Crippen LogP contribution in [0.1, 0.15) is 92.9 Å². The number of rotatable bonds is 1. The van der Waals surface area contributed by atoms with Gasteiger partial charge in [0.1, 0.15) is 5.60 Å². The molecule has 0 aromatic heterocycles. The Morgan fingerprint density at radius 2 is 1.85 bits per heavy atom. The summed E-state index contributed by atoms with van der Waals surface area (Å²) in [5, 5.41) is 9.90. The second-order valence-corrected chi connectivity index (χ2v) is 13.6. The minimum atomic E-state index is -0.687. The minimum Gasteiger partial charge on any atom is -0.483 e. The second-order valence-electron chi connectivity index (χ2n) is 13.6. The van der Waals surface area contributed by atoms with Crippen LogP contribution >= 0.6 is 0 Å². The zero-order valence-electron chi connectivity index (χ0n) is 21.9. The number of hydrogen-bond acceptors (Lipinski definition) is 3. The van der Waals surface area contributed by atoms with Gasteiger partial charge in [-0.15, -0.1) is 0 Å². The monoisotopic (exact) mass is 466 g/mol. The highest BCUT2D eigenvalue weighted by atomic mass is 16.5. The van der Waals surface area contributed by atoms with E-state index in [-0.39, 0.29) is 34.1 Å². The molecule has 0 unspecified atom stereocenters. The molecule has 0 radical (unpaired) electrons. The Labute approximate surface area is 204 Å². The van der Waals surface area contributed by atoms with E-state index in [9.17, 15) is 14.7 Å². The first-order chi connectivity index (χ1) is 15.8. The number of ether oxygens (including phenoxy) is 1. The van der Waals surface area contributed by atoms with E-state index in [2.05, 4.69) is 52.8 Å². The summed E-state index contributed by atoms with van der Waals surface area (Å²) in [7, 11) is 0. The van der Waals surface area contributed by atoms with Gasteiger partial charge in [0.15, 0.2) is 5.76 Å². The van der Waals surface area contributed by atoms with Crippen LogP contribution in [0.3, 0.4) is 0 Å². The number of Topliss-reactive ketones (excluding diaryl/α,β-unsaturated/α-hetero) is 1. The number of allylic oxidation sites excluding steroid dienone is 5. The molecular weight excluding hydrogens is 424 g/mol. The van der Waals surface area contributed by atoms with E-state index in [4.69, 9.17) is 4.74 Å². The molecule has 7 atom stereocenters. The van der Waals surface area contributed by atoms with Gasteiger partial charge >= 0.3 is 5.97 Å². The van der Waals surface area contributed by atoms with Gasteiger partial charge in [0.05, 0.1) is 5.41 Å². The highest BCUT2D eigenvalue weighted by Crippen LogP contribution is 2.70. The lowest BCUT2D eigenvalue weighted by Gasteiger charge is -2.45. The first-order valence-electron chi connectivity index (χ1n) is 13.3. The minimum absolute atomic E-state index is 0.0381. The number of carboxylic acids is 1. The molecular formula is C30H42O4. The van der Waals surface area contributed by atoms with Crippen molar-refractivity contribution in [3.8, 4) is 0 Å². The molecule has 0 aromatic carbocycles. The van der Waals surface area contributed by atoms with Crippen LogP contribution in [-0.2, 0) is 14.3 Å². The molecule has 4 heteroatoms. The highest BCUT2D eigenvalue weighted by Gasteiger charge is 2.68. The summed E-state index contributed by atoms with van der Waals surface area (Å²) in [5.41, 5.74) is 1.46. The Kier molecular flexibility index (Phi) is 5.32. The highest BCUT2D eigenvalue weighted by molar-refractivity contribution is 6.01. The zero-order valence-corrected chi connectivity index (χ0v) is 21.9. The first-order valence-corrected chi connectivity index (χ1v) is 13.3. The van der Waals surface area contributed by atoms with E-state index in [1.807, 2.05) is 6.92 Å². The molecule has 0 amide bonds. The van der Waals surface area contributed by atoms with E-state index < -0.39 is 11.4 Å². The molecule has 5 rings (SSSR count). The zero-order chi connectivity index (χ0) is 24.7. The van der Waals surface area contributed by atoms with Crippen LogP contribution in [0, 0.1) is 39.9 Å². The van der Waals surface area contributed by atoms with Crippen molar-refractivity contribution < 1.29 is 19.4 Å². The van der Waals surface area contributed by atoms with Crippen LogP contribution in [0.5, 0.6) is 0 Å². The molecule has 0 spiro atoms. The third kappa shape index (κ3) is 3.45. The molecule has 4 nitrogen and oxygen atoms in total. The summed E-state index contributed by atoms with van der Waals surface area (Å²) < 4.78 is 6.78. The number of aliphatic carboxylic acids is 1. The molecule has 0 bridgehead atoms. The summed E-state index contributed by atoms with van der Waals surface area (Å²) in [6.07, 6.45) is 14.0. The van der Waals surface area contributed by atoms with Crippen molar-refractivity contribution in [3.63, 3.8) is 0 Å². The lowest BCUT2D eigenvalue weighted by atomic mass is 9.65. The van der Waals surface area contributed by atoms with Crippen LogP contribution in [0.15, 0.2) is 35.1 Å². The van der Waals surface area contributed by atoms with Crippen LogP contribution in [-0.4, -0.2) is 22.5 Å². The van der Waals surface area contributed by atoms with Crippen molar-refractivity contribution in [2.75, 3.05) is 0 Å². The van der Waals surface area contributed by atoms with Crippen LogP contribution in [0.4, 0.5) is 0 Å². The number of carbonyl (C=O) groups excluding carboxylic acids is 1. The van der Waals surface area contributed by atoms with Crippen molar-refractivity contribution in [3.05, 3.63) is 35.1 Å². The fourth-order valence-corrected chi connectivity index (χ4v) is 8.19. The van der Waals surface area contributed by atoms with Crippen LogP contribution in [0.25, 0.3) is 0 Å². The number of hydrogen-bond donors (Lipinski definition) is 1. The van der Waals surface area contributed by atoms with Gasteiger partial charge in [-0.3, -0.25) is 9.59 Å². The summed E-state index contributed by atoms with van der Waals surface area (Å²) in [6, 6.07) is 0. The Hall–Kier alpha value is -1.84. The predicted octanol–water partition coefficient (Wildman–Crippen LogP) is 6.86. The molecule has 1 N–H and O–H groups in total. The van der Waals surface area contributed by atoms with Crippen LogP contribution in [0.2, 0.25) is 0 Å². The lowest BCUT2D eigenvalue weighted by molar-refractivity contribution is -0.148. The second kappa shape index (κ2) is 7.58. The standard InChI is InChI=1S/C30H42O4/c1-18-8-9-20-15-22-25(34-29(20,5)12-7-11-27(2,3)13-10-18)24(31)21-14-19-16-28(4,26(32)33)17-23(19)30(21,22)6/h7,10-11,19-21,23H,8-9,12-17H2,1-6H3,(H,32,33)/b11-7+,18-10+/t19-,20-,21-,23+,28-,29+,30-/m0/s1. The number of carboxylic acid groups (broad SMARTS) is 1. The average Bonchev–Trinajstić information content (AvgIpc) is 3.29. The molecule has 186 valence electrons. The third-order valence-corrected chi connectivity index (χ3v) is 10.6. The number of ketones is 1. The maximum absolute atomic E-state index is 13.7.